The predicted octanol–water partition coefficient (Wildman–Crippen LogP) is 18.2. The molecule has 0 bridgehead atoms. The van der Waals surface area contributed by atoms with Gasteiger partial charge in [-0.1, -0.05) is 219 Å². The molecular formula is C72H62N4OPt-2. The molecule has 9 aromatic carbocycles. The Hall–Kier alpha value is -8.11. The standard InChI is InChI=1S/C72H62N4O.Pt/c1-70(2,3)54-37-38-73-68(44-54)76-64-35-31-51(53-39-55(71(4,5)6)43-56(40-53)72(7,8)9)41-63(64)62-34-33-59(46-66(62)76)77-58-28-19-27-57(45-58)74-47-75(65-36-32-52(42-67(65)74)48-21-13-10-14-22-48)69-60(49-23-15-11-16-24-49)29-20-30-61(69)50-25-17-12-18-26-50;/h10-44H,1-9H3;/q-2;/i10D,11D,12D,13D,14D,15D,16D,17D,18D,21D,22D,23D,24D,25D,26D;. The van der Waals surface area contributed by atoms with Gasteiger partial charge in [0.25, 0.3) is 6.33 Å². The van der Waals surface area contributed by atoms with Crippen molar-refractivity contribution in [2.45, 2.75) is 78.6 Å². The van der Waals surface area contributed by atoms with Gasteiger partial charge in [-0.25, -0.2) is 4.98 Å². The zero-order valence-electron chi connectivity index (χ0n) is 59.6. The average molecular weight is 1210 g/mol. The van der Waals surface area contributed by atoms with Gasteiger partial charge < -0.3 is 13.9 Å². The normalized spacial score (nSPS) is 14.8. The second kappa shape index (κ2) is 20.4. The van der Waals surface area contributed by atoms with Gasteiger partial charge in [-0.15, -0.1) is 29.7 Å². The Morgan fingerprint density at radius 2 is 1.06 bits per heavy atom. The van der Waals surface area contributed by atoms with E-state index < -0.39 is 90.6 Å². The van der Waals surface area contributed by atoms with E-state index >= 15 is 0 Å². The Balaban J connectivity index is 0.00000884. The van der Waals surface area contributed by atoms with Gasteiger partial charge >= 0.3 is 0 Å². The summed E-state index contributed by atoms with van der Waals surface area (Å²) < 4.78 is 144. The summed E-state index contributed by atoms with van der Waals surface area (Å²) in [6.45, 7) is 19.8. The molecule has 0 aliphatic rings. The smallest absolute Gasteiger partial charge is 0.268 e. The Morgan fingerprint density at radius 1 is 0.487 bits per heavy atom. The van der Waals surface area contributed by atoms with Crippen LogP contribution in [-0.2, 0) is 37.3 Å². The number of imidazole rings is 1. The molecule has 12 aromatic rings. The summed E-state index contributed by atoms with van der Waals surface area (Å²) in [5, 5.41) is 1.88. The molecule has 3 heterocycles. The van der Waals surface area contributed by atoms with E-state index in [0.29, 0.717) is 17.1 Å². The Labute approximate surface area is 494 Å². The first kappa shape index (κ1) is 36.8. The number of rotatable bonds is 9. The monoisotopic (exact) mass is 1210 g/mol. The molecule has 0 saturated carbocycles. The molecule has 388 valence electrons. The maximum absolute atomic E-state index is 9.20. The third-order valence-corrected chi connectivity index (χ3v) is 13.9. The summed E-state index contributed by atoms with van der Waals surface area (Å²) >= 11 is 0. The van der Waals surface area contributed by atoms with Gasteiger partial charge in [0.2, 0.25) is 0 Å². The van der Waals surface area contributed by atoms with Crippen LogP contribution in [0, 0.1) is 18.5 Å². The van der Waals surface area contributed by atoms with E-state index in [1.54, 1.807) is 41.0 Å². The fraction of sp³-hybridized carbons (Fsp3) is 0.167. The summed E-state index contributed by atoms with van der Waals surface area (Å²) in [5.74, 6) is 1.23. The van der Waals surface area contributed by atoms with Crippen LogP contribution in [0.2, 0.25) is 0 Å². The maximum Gasteiger partial charge on any atom is 0.268 e. The van der Waals surface area contributed by atoms with Crippen molar-refractivity contribution in [3.63, 3.8) is 0 Å². The number of benzene rings is 9. The molecule has 0 aliphatic heterocycles. The molecule has 0 fully saturated rings. The van der Waals surface area contributed by atoms with Crippen LogP contribution < -0.4 is 9.30 Å². The molecular weight excluding hydrogens is 1130 g/mol. The van der Waals surface area contributed by atoms with Crippen LogP contribution in [0.4, 0.5) is 0 Å². The van der Waals surface area contributed by atoms with E-state index in [1.807, 2.05) is 24.4 Å². The van der Waals surface area contributed by atoms with Gasteiger partial charge in [0.05, 0.1) is 37.3 Å². The number of fused-ring (bicyclic) bond motifs is 4. The van der Waals surface area contributed by atoms with Crippen molar-refractivity contribution >= 4 is 32.8 Å². The van der Waals surface area contributed by atoms with E-state index in [4.69, 9.17) is 24.8 Å². The molecule has 0 aliphatic carbocycles. The quantitative estimate of drug-likeness (QED) is 0.107. The minimum atomic E-state index is -0.648. The van der Waals surface area contributed by atoms with Gasteiger partial charge in [-0.3, -0.25) is 4.57 Å². The molecule has 0 radical (unpaired) electrons. The second-order valence-electron chi connectivity index (χ2n) is 22.3. The minimum absolute atomic E-state index is 0. The number of hydrogen-bond acceptors (Lipinski definition) is 2. The van der Waals surface area contributed by atoms with Crippen molar-refractivity contribution in [2.24, 2.45) is 0 Å². The number of aromatic nitrogens is 4. The van der Waals surface area contributed by atoms with Gasteiger partial charge in [-0.05, 0) is 113 Å². The van der Waals surface area contributed by atoms with E-state index in [9.17, 15) is 5.48 Å². The molecule has 0 amide bonds. The fourth-order valence-electron chi connectivity index (χ4n) is 9.77. The van der Waals surface area contributed by atoms with Crippen LogP contribution in [0.15, 0.2) is 212 Å². The maximum atomic E-state index is 9.20. The average Bonchev–Trinajstić information content (AvgIpc) is 1.69. The van der Waals surface area contributed by atoms with Crippen molar-refractivity contribution in [1.29, 1.82) is 0 Å². The Bertz CT molecular complexity index is 4910. The van der Waals surface area contributed by atoms with Crippen molar-refractivity contribution in [3.8, 4) is 73.2 Å². The first-order valence-electron chi connectivity index (χ1n) is 33.0. The molecule has 0 spiro atoms. The van der Waals surface area contributed by atoms with Gasteiger partial charge in [0.1, 0.15) is 5.82 Å². The number of ether oxygens (including phenoxy) is 1. The van der Waals surface area contributed by atoms with Crippen LogP contribution in [0.5, 0.6) is 11.5 Å². The fourth-order valence-corrected chi connectivity index (χ4v) is 9.77. The summed E-state index contributed by atoms with van der Waals surface area (Å²) in [5.41, 5.74) is 7.32. The van der Waals surface area contributed by atoms with Crippen LogP contribution in [-0.4, -0.2) is 14.1 Å². The zero-order chi connectivity index (χ0) is 66.3. The summed E-state index contributed by atoms with van der Waals surface area (Å²) in [6, 6.07) is 33.9. The molecule has 12 rings (SSSR count). The van der Waals surface area contributed by atoms with Crippen LogP contribution in [0.1, 0.15) is 99.6 Å². The molecule has 3 aromatic heterocycles. The molecule has 0 unspecified atom stereocenters. The van der Waals surface area contributed by atoms with E-state index in [1.165, 1.54) is 33.9 Å². The van der Waals surface area contributed by atoms with Gasteiger partial charge in [-0.2, -0.15) is 18.2 Å². The first-order valence-corrected chi connectivity index (χ1v) is 25.5. The van der Waals surface area contributed by atoms with Gasteiger partial charge in [0, 0.05) is 44.3 Å². The topological polar surface area (TPSA) is 35.9 Å². The SMILES string of the molecule is [2H]c1c([2H])c([2H])c(-c2ccc3c(c2)n(-c2[c-]c(Oc4[c-]c5c(cc4)c4cc(-c6cc(C(C)(C)C)cc(C(C)(C)C)c6)ccc4n5-c4cc(C(C)(C)C)ccn4)ccc2)[c-][n+]3-c2c(-c3c([2H])c([2H])c([2H])c([2H])c3[2H])cccc2-c2c([2H])c([2H])c([2H])c([2H])c2[2H])c([2H])c1[2H].[Pt]. The summed E-state index contributed by atoms with van der Waals surface area (Å²) in [7, 11) is 0. The largest absolute Gasteiger partial charge is 0.510 e. The van der Waals surface area contributed by atoms with Crippen molar-refractivity contribution in [1.82, 2.24) is 14.1 Å². The number of nitrogens with zero attached hydrogens (tertiary/aromatic N) is 4. The third-order valence-electron chi connectivity index (χ3n) is 13.9. The van der Waals surface area contributed by atoms with Crippen LogP contribution >= 0.6 is 0 Å². The van der Waals surface area contributed by atoms with Crippen molar-refractivity contribution < 1.29 is 50.9 Å². The Kier molecular flexibility index (Phi) is 9.61. The molecule has 0 N–H and O–H groups in total. The first-order chi connectivity index (χ1) is 43.3. The summed E-state index contributed by atoms with van der Waals surface area (Å²) in [6.07, 6.45) is 5.19. The summed E-state index contributed by atoms with van der Waals surface area (Å²) in [4.78, 5) is 4.95. The predicted molar refractivity (Wildman–Crippen MR) is 318 cm³/mol. The van der Waals surface area contributed by atoms with E-state index in [2.05, 4.69) is 128 Å². The molecule has 78 heavy (non-hydrogen) atoms. The number of para-hydroxylation sites is 1. The van der Waals surface area contributed by atoms with E-state index in [-0.39, 0.29) is 98.8 Å². The van der Waals surface area contributed by atoms with Crippen molar-refractivity contribution in [2.75, 3.05) is 0 Å². The van der Waals surface area contributed by atoms with Crippen LogP contribution in [0.3, 0.4) is 0 Å². The second-order valence-corrected chi connectivity index (χ2v) is 22.3. The number of pyridine rings is 1. The van der Waals surface area contributed by atoms with Crippen LogP contribution in [0.25, 0.3) is 94.5 Å². The molecule has 5 nitrogen and oxygen atoms in total. The molecule has 0 saturated heterocycles. The minimum Gasteiger partial charge on any atom is -0.510 e. The third kappa shape index (κ3) is 9.93. The zero-order valence-corrected chi connectivity index (χ0v) is 46.8. The van der Waals surface area contributed by atoms with E-state index in [0.717, 1.165) is 33.0 Å². The molecule has 0 atom stereocenters. The molecule has 6 heteroatoms. The number of hydrogen-bond donors (Lipinski definition) is 0. The van der Waals surface area contributed by atoms with Gasteiger partial charge in [0.15, 0.2) is 0 Å². The Morgan fingerprint density at radius 3 is 1.69 bits per heavy atom. The van der Waals surface area contributed by atoms with Crippen molar-refractivity contribution in [3.05, 3.63) is 247 Å².